The summed E-state index contributed by atoms with van der Waals surface area (Å²) in [5.41, 5.74) is 1.51. The normalized spacial score (nSPS) is 32.7. The highest BCUT2D eigenvalue weighted by molar-refractivity contribution is 6.45. The van der Waals surface area contributed by atoms with Gasteiger partial charge in [-0.15, -0.1) is 0 Å². The molecule has 4 fully saturated rings. The van der Waals surface area contributed by atoms with Gasteiger partial charge in [0.25, 0.3) is 0 Å². The van der Waals surface area contributed by atoms with Crippen molar-refractivity contribution in [3.05, 3.63) is 29.3 Å². The lowest BCUT2D eigenvalue weighted by Gasteiger charge is -2.64. The van der Waals surface area contributed by atoms with Crippen LogP contribution in [0, 0.1) is 17.3 Å². The minimum atomic E-state index is -0.324. The Kier molecular flexibility index (Phi) is 4.78. The Bertz CT molecular complexity index is 776. The van der Waals surface area contributed by atoms with Gasteiger partial charge in [-0.25, -0.2) is 4.79 Å². The fraction of sp³-hybridized carbons (Fsp3) is 0.682. The molecule has 28 heavy (non-hydrogen) atoms. The van der Waals surface area contributed by atoms with Crippen molar-refractivity contribution in [3.8, 4) is 5.75 Å². The number of carbonyl (C=O) groups is 1. The van der Waals surface area contributed by atoms with Crippen LogP contribution >= 0.6 is 0 Å². The number of carbonyl (C=O) groups excluding carboxylic acids is 1. The first-order chi connectivity index (χ1) is 13.1. The predicted octanol–water partition coefficient (Wildman–Crippen LogP) is 4.07. The molecule has 1 aliphatic heterocycles. The zero-order valence-electron chi connectivity index (χ0n) is 17.8. The van der Waals surface area contributed by atoms with E-state index in [0.29, 0.717) is 23.2 Å². The molecule has 5 rings (SSSR count). The summed E-state index contributed by atoms with van der Waals surface area (Å²) in [7, 11) is 1.31. The maximum absolute atomic E-state index is 12.3. The molecule has 0 radical (unpaired) electrons. The van der Waals surface area contributed by atoms with Gasteiger partial charge in [0.05, 0.1) is 30.5 Å². The summed E-state index contributed by atoms with van der Waals surface area (Å²) in [6, 6.07) is 5.39. The maximum Gasteiger partial charge on any atom is 0.462 e. The first kappa shape index (κ1) is 19.8. The highest BCUT2D eigenvalue weighted by Crippen LogP contribution is 2.65. The maximum atomic E-state index is 12.3. The number of rotatable bonds is 5. The summed E-state index contributed by atoms with van der Waals surface area (Å²) in [5.74, 6) is 1.66. The Morgan fingerprint density at radius 2 is 2.04 bits per heavy atom. The van der Waals surface area contributed by atoms with Crippen LogP contribution in [-0.4, -0.2) is 38.0 Å². The molecular weight excluding hydrogens is 355 g/mol. The lowest BCUT2D eigenvalue weighted by Crippen LogP contribution is -2.65. The van der Waals surface area contributed by atoms with E-state index in [9.17, 15) is 4.79 Å². The van der Waals surface area contributed by atoms with E-state index in [1.165, 1.54) is 6.42 Å². The first-order valence-electron chi connectivity index (χ1n) is 10.4. The average Bonchev–Trinajstić information content (AvgIpc) is 2.96. The van der Waals surface area contributed by atoms with Gasteiger partial charge in [0.1, 0.15) is 5.75 Å². The molecule has 0 aromatic heterocycles. The Labute approximate surface area is 168 Å². The van der Waals surface area contributed by atoms with Gasteiger partial charge < -0.3 is 18.8 Å². The fourth-order valence-electron chi connectivity index (χ4n) is 5.56. The van der Waals surface area contributed by atoms with Crippen LogP contribution < -0.4 is 4.74 Å². The molecule has 0 N–H and O–H groups in total. The molecule has 1 heterocycles. The topological polar surface area (TPSA) is 54.0 Å². The van der Waals surface area contributed by atoms with E-state index in [2.05, 4.69) is 20.8 Å². The molecule has 5 nitrogen and oxygen atoms in total. The quantitative estimate of drug-likeness (QED) is 0.564. The molecule has 4 unspecified atom stereocenters. The molecule has 4 atom stereocenters. The zero-order valence-corrected chi connectivity index (χ0v) is 17.8. The third-order valence-electron chi connectivity index (χ3n) is 7.25. The van der Waals surface area contributed by atoms with E-state index in [0.717, 1.165) is 23.7 Å². The molecule has 1 aromatic carbocycles. The molecule has 6 heteroatoms. The van der Waals surface area contributed by atoms with E-state index < -0.39 is 0 Å². The zero-order chi connectivity index (χ0) is 20.3. The number of benzene rings is 1. The van der Waals surface area contributed by atoms with Crippen LogP contribution in [-0.2, 0) is 20.4 Å². The van der Waals surface area contributed by atoms with Crippen molar-refractivity contribution < 1.29 is 23.6 Å². The van der Waals surface area contributed by atoms with E-state index in [4.69, 9.17) is 18.8 Å². The van der Waals surface area contributed by atoms with E-state index in [-0.39, 0.29) is 30.9 Å². The molecule has 3 aliphatic carbocycles. The van der Waals surface area contributed by atoms with Crippen LogP contribution in [0.25, 0.3) is 0 Å². The SMILES string of the molecule is COc1ccc(C(=O)OC(C)C)cc1CB1OC2CC3CC(C3(C)C)C2(C)O1. The highest BCUT2D eigenvalue weighted by atomic mass is 16.7. The van der Waals surface area contributed by atoms with Gasteiger partial charge in [-0.2, -0.15) is 0 Å². The second-order valence-electron chi connectivity index (χ2n) is 9.58. The fourth-order valence-corrected chi connectivity index (χ4v) is 5.56. The van der Waals surface area contributed by atoms with Crippen LogP contribution in [0.5, 0.6) is 5.75 Å². The molecule has 0 amide bonds. The Hall–Kier alpha value is -1.53. The summed E-state index contributed by atoms with van der Waals surface area (Å²) in [4.78, 5) is 12.3. The van der Waals surface area contributed by atoms with Gasteiger partial charge in [-0.05, 0) is 74.6 Å². The summed E-state index contributed by atoms with van der Waals surface area (Å²) in [6.07, 6.45) is 2.84. The Morgan fingerprint density at radius 1 is 1.29 bits per heavy atom. The minimum absolute atomic E-state index is 0.148. The van der Waals surface area contributed by atoms with Crippen LogP contribution in [0.3, 0.4) is 0 Å². The van der Waals surface area contributed by atoms with Crippen molar-refractivity contribution >= 4 is 13.1 Å². The van der Waals surface area contributed by atoms with Crippen molar-refractivity contribution in [1.29, 1.82) is 0 Å². The van der Waals surface area contributed by atoms with Crippen molar-refractivity contribution in [1.82, 2.24) is 0 Å². The molecular formula is C22H31BO5. The summed E-state index contributed by atoms with van der Waals surface area (Å²) in [5, 5.41) is 0. The van der Waals surface area contributed by atoms with E-state index >= 15 is 0 Å². The first-order valence-corrected chi connectivity index (χ1v) is 10.4. The smallest absolute Gasteiger partial charge is 0.462 e. The van der Waals surface area contributed by atoms with Gasteiger partial charge in [-0.1, -0.05) is 13.8 Å². The van der Waals surface area contributed by atoms with Gasteiger partial charge in [0.15, 0.2) is 0 Å². The lowest BCUT2D eigenvalue weighted by atomic mass is 9.43. The number of methoxy groups -OCH3 is 1. The number of esters is 1. The monoisotopic (exact) mass is 386 g/mol. The molecule has 2 bridgehead atoms. The van der Waals surface area contributed by atoms with Crippen LogP contribution in [0.2, 0.25) is 0 Å². The standard InChI is InChI=1S/C22H31BO5/c1-13(2)26-20(24)14-7-8-17(25-6)15(9-14)12-23-27-19-11-16-10-18(21(16,3)4)22(19,5)28-23/h7-9,13,16,18-19H,10-12H2,1-6H3. The average molecular weight is 386 g/mol. The van der Waals surface area contributed by atoms with Crippen LogP contribution in [0.1, 0.15) is 63.4 Å². The predicted molar refractivity (Wildman–Crippen MR) is 107 cm³/mol. The highest BCUT2D eigenvalue weighted by Gasteiger charge is 2.67. The third kappa shape index (κ3) is 3.05. The number of hydrogen-bond donors (Lipinski definition) is 0. The van der Waals surface area contributed by atoms with Gasteiger partial charge in [0.2, 0.25) is 0 Å². The second kappa shape index (κ2) is 6.77. The van der Waals surface area contributed by atoms with E-state index in [1.807, 2.05) is 26.0 Å². The molecule has 4 aliphatic rings. The van der Waals surface area contributed by atoms with Crippen LogP contribution in [0.4, 0.5) is 0 Å². The summed E-state index contributed by atoms with van der Waals surface area (Å²) < 4.78 is 23.7. The van der Waals surface area contributed by atoms with Gasteiger partial charge in [-0.3, -0.25) is 0 Å². The minimum Gasteiger partial charge on any atom is -0.497 e. The molecule has 1 aromatic rings. The van der Waals surface area contributed by atoms with Crippen molar-refractivity contribution in [2.75, 3.05) is 7.11 Å². The van der Waals surface area contributed by atoms with Gasteiger partial charge >= 0.3 is 13.1 Å². The Balaban J connectivity index is 1.52. The summed E-state index contributed by atoms with van der Waals surface area (Å²) in [6.45, 7) is 10.6. The van der Waals surface area contributed by atoms with Gasteiger partial charge in [0, 0.05) is 6.32 Å². The van der Waals surface area contributed by atoms with E-state index in [1.54, 1.807) is 13.2 Å². The van der Waals surface area contributed by atoms with Crippen molar-refractivity contribution in [2.45, 2.75) is 71.6 Å². The lowest BCUT2D eigenvalue weighted by molar-refractivity contribution is -0.199. The van der Waals surface area contributed by atoms with Crippen molar-refractivity contribution in [2.24, 2.45) is 17.3 Å². The molecule has 152 valence electrons. The molecule has 3 saturated carbocycles. The Morgan fingerprint density at radius 3 is 2.68 bits per heavy atom. The number of ether oxygens (including phenoxy) is 2. The largest absolute Gasteiger partial charge is 0.497 e. The third-order valence-corrected chi connectivity index (χ3v) is 7.25. The van der Waals surface area contributed by atoms with Crippen LogP contribution in [0.15, 0.2) is 18.2 Å². The second-order valence-corrected chi connectivity index (χ2v) is 9.58. The van der Waals surface area contributed by atoms with Crippen molar-refractivity contribution in [3.63, 3.8) is 0 Å². The summed E-state index contributed by atoms with van der Waals surface area (Å²) >= 11 is 0. The molecule has 0 spiro atoms. The number of hydrogen-bond acceptors (Lipinski definition) is 5. The molecule has 1 saturated heterocycles.